The Labute approximate surface area is 173 Å². The molecule has 1 N–H and O–H groups in total. The Bertz CT molecular complexity index is 1020. The van der Waals surface area contributed by atoms with E-state index in [4.69, 9.17) is 11.6 Å². The van der Waals surface area contributed by atoms with Crippen LogP contribution < -0.4 is 10.9 Å². The Morgan fingerprint density at radius 2 is 1.55 bits per heavy atom. The maximum Gasteiger partial charge on any atom is 0.433 e. The normalized spacial score (nSPS) is 13.1. The van der Waals surface area contributed by atoms with E-state index in [0.29, 0.717) is 4.57 Å². The third-order valence-corrected chi connectivity index (χ3v) is 4.21. The number of nitrogens with zero attached hydrogens (tertiary/aromatic N) is 2. The first-order valence-corrected chi connectivity index (χ1v) is 8.73. The summed E-state index contributed by atoms with van der Waals surface area (Å²) in [5.74, 6) is -1.25. The number of aromatic nitrogens is 2. The lowest BCUT2D eigenvalue weighted by molar-refractivity contribution is -0.143. The van der Waals surface area contributed by atoms with Gasteiger partial charge >= 0.3 is 18.5 Å². The highest BCUT2D eigenvalue weighted by molar-refractivity contribution is 6.34. The average molecular weight is 482 g/mol. The number of rotatable bonds is 4. The van der Waals surface area contributed by atoms with Gasteiger partial charge in [-0.3, -0.25) is 9.36 Å². The van der Waals surface area contributed by atoms with Crippen LogP contribution in [0.15, 0.2) is 23.0 Å². The highest BCUT2D eigenvalue weighted by Crippen LogP contribution is 2.43. The van der Waals surface area contributed by atoms with Crippen molar-refractivity contribution in [1.29, 1.82) is 0 Å². The summed E-state index contributed by atoms with van der Waals surface area (Å²) in [5, 5.41) is 0.711. The Morgan fingerprint density at radius 1 is 0.968 bits per heavy atom. The SMILES string of the molecule is CC(C)Cn1c(Nc2cc(C(F)(F)F)cc(C(F)(F)F)c2Cl)nc(C(F)(F)F)cc1=O. The molecule has 4 nitrogen and oxygen atoms in total. The summed E-state index contributed by atoms with van der Waals surface area (Å²) in [7, 11) is 0. The lowest BCUT2D eigenvalue weighted by atomic mass is 10.1. The second-order valence-electron chi connectivity index (χ2n) is 6.81. The molecule has 0 fully saturated rings. The van der Waals surface area contributed by atoms with Crippen molar-refractivity contribution in [3.05, 3.63) is 50.4 Å². The zero-order valence-electron chi connectivity index (χ0n) is 15.6. The molecule has 0 aliphatic carbocycles. The molecule has 0 saturated carbocycles. The number of benzene rings is 1. The van der Waals surface area contributed by atoms with Crippen LogP contribution in [0, 0.1) is 5.92 Å². The smallest absolute Gasteiger partial charge is 0.324 e. The van der Waals surface area contributed by atoms with Gasteiger partial charge in [0.15, 0.2) is 5.69 Å². The van der Waals surface area contributed by atoms with Crippen molar-refractivity contribution in [2.75, 3.05) is 5.32 Å². The summed E-state index contributed by atoms with van der Waals surface area (Å²) in [6.45, 7) is 2.93. The number of alkyl halides is 9. The number of hydrogen-bond donors (Lipinski definition) is 1. The standard InChI is InChI=1S/C17H13ClF9N3O/c1-7(2)6-30-12(31)5-11(17(25,26)27)29-14(30)28-10-4-8(15(19,20)21)3-9(13(10)18)16(22,23)24/h3-5,7H,6H2,1-2H3,(H,28,29). The fourth-order valence-corrected chi connectivity index (χ4v) is 2.76. The number of halogens is 10. The van der Waals surface area contributed by atoms with Gasteiger partial charge < -0.3 is 5.32 Å². The monoisotopic (exact) mass is 481 g/mol. The van der Waals surface area contributed by atoms with Crippen LogP contribution in [0.5, 0.6) is 0 Å². The molecule has 0 aliphatic heterocycles. The summed E-state index contributed by atoms with van der Waals surface area (Å²) in [6, 6.07) is 0.125. The minimum absolute atomic E-state index is 0.169. The largest absolute Gasteiger partial charge is 0.433 e. The van der Waals surface area contributed by atoms with Gasteiger partial charge in [0.05, 0.1) is 21.8 Å². The third-order valence-electron chi connectivity index (χ3n) is 3.80. The van der Waals surface area contributed by atoms with Crippen LogP contribution >= 0.6 is 11.6 Å². The van der Waals surface area contributed by atoms with E-state index in [2.05, 4.69) is 4.98 Å². The Kier molecular flexibility index (Phi) is 6.60. The quantitative estimate of drug-likeness (QED) is 0.517. The van der Waals surface area contributed by atoms with E-state index in [9.17, 15) is 44.3 Å². The second kappa shape index (κ2) is 8.24. The average Bonchev–Trinajstić information content (AvgIpc) is 2.56. The predicted molar refractivity (Wildman–Crippen MR) is 93.1 cm³/mol. The highest BCUT2D eigenvalue weighted by atomic mass is 35.5. The molecule has 0 aliphatic rings. The van der Waals surface area contributed by atoms with Gasteiger partial charge in [0.1, 0.15) is 0 Å². The first-order chi connectivity index (χ1) is 13.9. The van der Waals surface area contributed by atoms with Crippen LogP contribution in [-0.2, 0) is 25.1 Å². The third kappa shape index (κ3) is 5.83. The van der Waals surface area contributed by atoms with Crippen molar-refractivity contribution in [3.8, 4) is 0 Å². The first-order valence-electron chi connectivity index (χ1n) is 8.35. The molecule has 0 amide bonds. The molecule has 172 valence electrons. The van der Waals surface area contributed by atoms with Gasteiger partial charge in [0.2, 0.25) is 5.95 Å². The van der Waals surface area contributed by atoms with Gasteiger partial charge in [-0.1, -0.05) is 25.4 Å². The maximum absolute atomic E-state index is 13.2. The summed E-state index contributed by atoms with van der Waals surface area (Å²) >= 11 is 5.61. The van der Waals surface area contributed by atoms with E-state index in [0.717, 1.165) is 0 Å². The summed E-state index contributed by atoms with van der Waals surface area (Å²) in [5.41, 5.74) is -7.53. The Morgan fingerprint density at radius 3 is 2.00 bits per heavy atom. The van der Waals surface area contributed by atoms with Gasteiger partial charge in [-0.25, -0.2) is 4.98 Å². The van der Waals surface area contributed by atoms with E-state index < -0.39 is 57.6 Å². The minimum atomic E-state index is -5.30. The van der Waals surface area contributed by atoms with E-state index in [1.165, 1.54) is 0 Å². The van der Waals surface area contributed by atoms with E-state index in [-0.39, 0.29) is 30.7 Å². The van der Waals surface area contributed by atoms with Crippen LogP contribution in [0.2, 0.25) is 5.02 Å². The highest BCUT2D eigenvalue weighted by Gasteiger charge is 2.40. The van der Waals surface area contributed by atoms with Gasteiger partial charge in [-0.15, -0.1) is 0 Å². The van der Waals surface area contributed by atoms with Crippen LogP contribution in [0.3, 0.4) is 0 Å². The summed E-state index contributed by atoms with van der Waals surface area (Å²) in [6.07, 6.45) is -15.6. The molecule has 0 saturated heterocycles. The van der Waals surface area contributed by atoms with Gasteiger partial charge in [-0.2, -0.15) is 39.5 Å². The molecule has 0 radical (unpaired) electrons. The molecule has 2 rings (SSSR count). The Hall–Kier alpha value is -2.44. The molecule has 14 heteroatoms. The van der Waals surface area contributed by atoms with Crippen LogP contribution in [0.1, 0.15) is 30.7 Å². The van der Waals surface area contributed by atoms with E-state index >= 15 is 0 Å². The molecule has 31 heavy (non-hydrogen) atoms. The number of anilines is 2. The van der Waals surface area contributed by atoms with Crippen LogP contribution in [-0.4, -0.2) is 9.55 Å². The van der Waals surface area contributed by atoms with Crippen molar-refractivity contribution in [2.24, 2.45) is 5.92 Å². The summed E-state index contributed by atoms with van der Waals surface area (Å²) in [4.78, 5) is 15.3. The van der Waals surface area contributed by atoms with Crippen molar-refractivity contribution in [2.45, 2.75) is 38.9 Å². The molecule has 1 aromatic carbocycles. The number of nitrogens with one attached hydrogen (secondary N) is 1. The topological polar surface area (TPSA) is 46.9 Å². The lowest BCUT2D eigenvalue weighted by Gasteiger charge is -2.20. The first kappa shape index (κ1) is 24.8. The molecule has 1 aromatic heterocycles. The zero-order valence-corrected chi connectivity index (χ0v) is 16.4. The van der Waals surface area contributed by atoms with Crippen LogP contribution in [0.4, 0.5) is 51.1 Å². The second-order valence-corrected chi connectivity index (χ2v) is 7.19. The molecule has 0 spiro atoms. The van der Waals surface area contributed by atoms with Crippen LogP contribution in [0.25, 0.3) is 0 Å². The van der Waals surface area contributed by atoms with Crippen molar-refractivity contribution < 1.29 is 39.5 Å². The maximum atomic E-state index is 13.2. The predicted octanol–water partition coefficient (Wildman–Crippen LogP) is 6.35. The molecular formula is C17H13ClF9N3O. The fraction of sp³-hybridized carbons (Fsp3) is 0.412. The lowest BCUT2D eigenvalue weighted by Crippen LogP contribution is -2.28. The van der Waals surface area contributed by atoms with E-state index in [1.54, 1.807) is 13.8 Å². The zero-order chi connectivity index (χ0) is 23.9. The molecule has 2 aromatic rings. The van der Waals surface area contributed by atoms with Gasteiger partial charge in [0, 0.05) is 12.6 Å². The fourth-order valence-electron chi connectivity index (χ4n) is 2.49. The van der Waals surface area contributed by atoms with Crippen molar-refractivity contribution in [1.82, 2.24) is 9.55 Å². The molecule has 0 atom stereocenters. The van der Waals surface area contributed by atoms with E-state index in [1.807, 2.05) is 5.32 Å². The van der Waals surface area contributed by atoms with Crippen molar-refractivity contribution in [3.63, 3.8) is 0 Å². The van der Waals surface area contributed by atoms with Gasteiger partial charge in [-0.05, 0) is 18.1 Å². The molecule has 1 heterocycles. The van der Waals surface area contributed by atoms with Gasteiger partial charge in [0.25, 0.3) is 5.56 Å². The Balaban J connectivity index is 2.77. The van der Waals surface area contributed by atoms with Crippen molar-refractivity contribution >= 4 is 23.2 Å². The summed E-state index contributed by atoms with van der Waals surface area (Å²) < 4.78 is 119. The molecule has 0 unspecified atom stereocenters. The molecule has 0 bridgehead atoms. The number of hydrogen-bond acceptors (Lipinski definition) is 3. The minimum Gasteiger partial charge on any atom is -0.324 e. The molecular weight excluding hydrogens is 469 g/mol.